The van der Waals surface area contributed by atoms with Crippen LogP contribution in [0.25, 0.3) is 0 Å². The molecule has 12 heteroatoms. The predicted molar refractivity (Wildman–Crippen MR) is 161 cm³/mol. The van der Waals surface area contributed by atoms with Crippen molar-refractivity contribution in [3.8, 4) is 6.07 Å². The summed E-state index contributed by atoms with van der Waals surface area (Å²) < 4.78 is 5.11. The summed E-state index contributed by atoms with van der Waals surface area (Å²) in [5, 5.41) is 15.4. The molecule has 1 aliphatic heterocycles. The van der Waals surface area contributed by atoms with Crippen molar-refractivity contribution in [3.63, 3.8) is 0 Å². The number of carbonyl (C=O) groups excluding carboxylic acids is 3. The summed E-state index contributed by atoms with van der Waals surface area (Å²) in [6.07, 6.45) is 3.01. The molecule has 1 atom stereocenters. The number of amides is 3. The van der Waals surface area contributed by atoms with Crippen LogP contribution in [0.5, 0.6) is 0 Å². The van der Waals surface area contributed by atoms with Gasteiger partial charge in [0.1, 0.15) is 6.04 Å². The van der Waals surface area contributed by atoms with Crippen molar-refractivity contribution >= 4 is 17.7 Å². The van der Waals surface area contributed by atoms with Crippen molar-refractivity contribution in [3.05, 3.63) is 86.2 Å². The topological polar surface area (TPSA) is 156 Å². The van der Waals surface area contributed by atoms with Crippen LogP contribution >= 0.6 is 0 Å². The molecular formula is C32H37N7O5. The lowest BCUT2D eigenvalue weighted by Crippen LogP contribution is -2.42. The minimum atomic E-state index is -1.04. The fourth-order valence-electron chi connectivity index (χ4n) is 6.46. The van der Waals surface area contributed by atoms with Gasteiger partial charge in [0.05, 0.1) is 18.0 Å². The number of H-pyrrole nitrogens is 1. The van der Waals surface area contributed by atoms with Gasteiger partial charge < -0.3 is 24.5 Å². The molecule has 0 bridgehead atoms. The molecule has 0 spiro atoms. The lowest BCUT2D eigenvalue weighted by atomic mass is 9.69. The summed E-state index contributed by atoms with van der Waals surface area (Å²) in [5.41, 5.74) is 3.54. The van der Waals surface area contributed by atoms with E-state index in [0.717, 1.165) is 28.7 Å². The third kappa shape index (κ3) is 5.63. The van der Waals surface area contributed by atoms with Crippen molar-refractivity contribution in [1.82, 2.24) is 30.2 Å². The van der Waals surface area contributed by atoms with E-state index in [0.29, 0.717) is 55.7 Å². The second-order valence-electron chi connectivity index (χ2n) is 11.8. The second kappa shape index (κ2) is 12.5. The van der Waals surface area contributed by atoms with Crippen molar-refractivity contribution in [2.75, 3.05) is 47.8 Å². The third-order valence-corrected chi connectivity index (χ3v) is 8.62. The largest absolute Gasteiger partial charge is 0.459 e. The van der Waals surface area contributed by atoms with Gasteiger partial charge in [-0.25, -0.2) is 9.95 Å². The zero-order valence-corrected chi connectivity index (χ0v) is 25.5. The molecule has 1 fully saturated rings. The maximum atomic E-state index is 12.9. The van der Waals surface area contributed by atoms with Gasteiger partial charge in [0, 0.05) is 45.9 Å². The van der Waals surface area contributed by atoms with Gasteiger partial charge in [-0.15, -0.1) is 0 Å². The standard InChI is InChI=1S/C32H37N7O5/c1-37(2)28(41)22-9-11-25-20(16-22)7-8-21-17-23(29(42)38(3)4)10-12-26(21)32(25,30-35-31(43)44-36-30)13-14-34-19-27(40)39-15-5-6-24(39)18-33/h9-12,16-17,24,34H,5-8,13-15,19H2,1-4H3,(H,35,36,43)/t24-/m0/s1. The first-order chi connectivity index (χ1) is 21.1. The Balaban J connectivity index is 1.60. The van der Waals surface area contributed by atoms with Gasteiger partial charge in [0.25, 0.3) is 11.8 Å². The van der Waals surface area contributed by atoms with Crippen LogP contribution in [0.1, 0.15) is 68.1 Å². The minimum Gasteiger partial charge on any atom is -0.345 e. The number of aromatic nitrogens is 2. The molecule has 230 valence electrons. The monoisotopic (exact) mass is 599 g/mol. The molecule has 0 unspecified atom stereocenters. The van der Waals surface area contributed by atoms with Crippen LogP contribution in [0.15, 0.2) is 45.7 Å². The molecule has 5 rings (SSSR count). The van der Waals surface area contributed by atoms with E-state index in [1.807, 2.05) is 24.3 Å². The Bertz CT molecular complexity index is 1610. The van der Waals surface area contributed by atoms with E-state index >= 15 is 0 Å². The number of rotatable bonds is 8. The Morgan fingerprint density at radius 1 is 1.05 bits per heavy atom. The number of aromatic amines is 1. The van der Waals surface area contributed by atoms with Crippen LogP contribution in [-0.2, 0) is 23.1 Å². The fourth-order valence-corrected chi connectivity index (χ4v) is 6.46. The number of nitriles is 1. The number of hydrogen-bond donors (Lipinski definition) is 2. The molecule has 12 nitrogen and oxygen atoms in total. The number of fused-ring (bicyclic) bond motifs is 2. The van der Waals surface area contributed by atoms with Crippen LogP contribution < -0.4 is 11.1 Å². The molecule has 3 amide bonds. The predicted octanol–water partition coefficient (Wildman–Crippen LogP) is 1.69. The zero-order chi connectivity index (χ0) is 31.6. The molecular weight excluding hydrogens is 562 g/mol. The van der Waals surface area contributed by atoms with E-state index in [2.05, 4.69) is 21.5 Å². The highest BCUT2D eigenvalue weighted by Crippen LogP contribution is 2.46. The highest BCUT2D eigenvalue weighted by molar-refractivity contribution is 5.95. The normalized spacial score (nSPS) is 16.8. The van der Waals surface area contributed by atoms with Crippen LogP contribution in [0, 0.1) is 11.3 Å². The number of hydrogen-bond acceptors (Lipinski definition) is 8. The first-order valence-electron chi connectivity index (χ1n) is 14.7. The first kappa shape index (κ1) is 30.7. The van der Waals surface area contributed by atoms with Gasteiger partial charge in [-0.3, -0.25) is 14.4 Å². The molecule has 0 radical (unpaired) electrons. The maximum absolute atomic E-state index is 12.9. The number of nitrogens with zero attached hydrogens (tertiary/aromatic N) is 5. The van der Waals surface area contributed by atoms with Gasteiger partial charge in [-0.2, -0.15) is 10.2 Å². The molecule has 1 aromatic heterocycles. The van der Waals surface area contributed by atoms with Crippen molar-refractivity contribution in [2.24, 2.45) is 0 Å². The molecule has 0 saturated carbocycles. The first-order valence-corrected chi connectivity index (χ1v) is 14.7. The number of likely N-dealkylation sites (tertiary alicyclic amines) is 1. The molecule has 2 aliphatic rings. The van der Waals surface area contributed by atoms with Gasteiger partial charge in [0.15, 0.2) is 5.82 Å². The SMILES string of the molecule is CN(C)C(=O)c1ccc2c(c1)CCc1cc(C(=O)N(C)C)ccc1C2(CCNCC(=O)N1CCC[C@H]1C#N)c1nc(=O)o[nH]1. The second-order valence-corrected chi connectivity index (χ2v) is 11.8. The quantitative estimate of drug-likeness (QED) is 0.371. The number of carbonyl (C=O) groups is 3. The van der Waals surface area contributed by atoms with Crippen LogP contribution in [0.3, 0.4) is 0 Å². The summed E-state index contributed by atoms with van der Waals surface area (Å²) >= 11 is 0. The summed E-state index contributed by atoms with van der Waals surface area (Å²) in [4.78, 5) is 60.0. The number of nitrogens with one attached hydrogen (secondary N) is 2. The average molecular weight is 600 g/mol. The fraction of sp³-hybridized carbons (Fsp3) is 0.438. The van der Waals surface area contributed by atoms with E-state index in [-0.39, 0.29) is 24.3 Å². The van der Waals surface area contributed by atoms with Crippen LogP contribution in [0.4, 0.5) is 0 Å². The van der Waals surface area contributed by atoms with Crippen LogP contribution in [-0.4, -0.2) is 96.4 Å². The summed E-state index contributed by atoms with van der Waals surface area (Å²) in [6.45, 7) is 0.961. The van der Waals surface area contributed by atoms with Gasteiger partial charge in [0.2, 0.25) is 5.91 Å². The Labute approximate surface area is 255 Å². The molecule has 2 N–H and O–H groups in total. The molecule has 3 aromatic rings. The van der Waals surface area contributed by atoms with Gasteiger partial charge in [-0.1, -0.05) is 12.1 Å². The molecule has 1 aliphatic carbocycles. The lowest BCUT2D eigenvalue weighted by molar-refractivity contribution is -0.130. The van der Waals surface area contributed by atoms with E-state index in [4.69, 9.17) is 4.52 Å². The smallest absolute Gasteiger partial charge is 0.345 e. The summed E-state index contributed by atoms with van der Waals surface area (Å²) in [6, 6.07) is 12.9. The highest BCUT2D eigenvalue weighted by atomic mass is 16.5. The summed E-state index contributed by atoms with van der Waals surface area (Å²) in [7, 11) is 6.80. The van der Waals surface area contributed by atoms with E-state index in [9.17, 15) is 24.4 Å². The Hall–Kier alpha value is -4.76. The molecule has 2 aromatic carbocycles. The van der Waals surface area contributed by atoms with E-state index in [1.54, 1.807) is 45.2 Å². The van der Waals surface area contributed by atoms with E-state index in [1.165, 1.54) is 9.80 Å². The van der Waals surface area contributed by atoms with E-state index < -0.39 is 17.2 Å². The summed E-state index contributed by atoms with van der Waals surface area (Å²) in [5.74, 6) is -0.885. The Morgan fingerprint density at radius 2 is 1.64 bits per heavy atom. The van der Waals surface area contributed by atoms with Gasteiger partial charge >= 0.3 is 5.76 Å². The van der Waals surface area contributed by atoms with Crippen LogP contribution in [0.2, 0.25) is 0 Å². The minimum absolute atomic E-state index is 0.0514. The average Bonchev–Trinajstić information content (AvgIpc) is 3.66. The molecule has 2 heterocycles. The van der Waals surface area contributed by atoms with Gasteiger partial charge in [-0.05, 0) is 85.2 Å². The van der Waals surface area contributed by atoms with Crippen molar-refractivity contribution in [2.45, 2.75) is 43.6 Å². The highest BCUT2D eigenvalue weighted by Gasteiger charge is 2.44. The molecule has 1 saturated heterocycles. The number of aryl methyl sites for hydroxylation is 2. The lowest BCUT2D eigenvalue weighted by Gasteiger charge is -2.35. The molecule has 44 heavy (non-hydrogen) atoms. The number of benzene rings is 2. The zero-order valence-electron chi connectivity index (χ0n) is 25.5. The van der Waals surface area contributed by atoms with Crippen molar-refractivity contribution < 1.29 is 18.9 Å². The van der Waals surface area contributed by atoms with Crippen molar-refractivity contribution in [1.29, 1.82) is 5.26 Å². The maximum Gasteiger partial charge on any atom is 0.459 e. The third-order valence-electron chi connectivity index (χ3n) is 8.62. The Kier molecular flexibility index (Phi) is 8.69. The Morgan fingerprint density at radius 3 is 2.14 bits per heavy atom.